The van der Waals surface area contributed by atoms with Gasteiger partial charge >= 0.3 is 0 Å². The molecule has 0 amide bonds. The second kappa shape index (κ2) is 36.0. The fourth-order valence-corrected chi connectivity index (χ4v) is 0.474. The summed E-state index contributed by atoms with van der Waals surface area (Å²) in [6, 6.07) is 0. The minimum atomic E-state index is 0. The van der Waals surface area contributed by atoms with Crippen molar-refractivity contribution in [2.24, 2.45) is 0 Å². The Labute approximate surface area is 127 Å². The van der Waals surface area contributed by atoms with Gasteiger partial charge in [0, 0.05) is 52.5 Å². The predicted molar refractivity (Wildman–Crippen MR) is 66.0 cm³/mol. The molecule has 3 nitrogen and oxygen atoms in total. The molecule has 0 aliphatic carbocycles. The predicted octanol–water partition coefficient (Wildman–Crippen LogP) is 2.33. The van der Waals surface area contributed by atoms with Gasteiger partial charge in [0.05, 0.1) is 0 Å². The first-order valence-electron chi connectivity index (χ1n) is 6.07. The largest absolute Gasteiger partial charge is 0.396 e. The Morgan fingerprint density at radius 2 is 0.750 bits per heavy atom. The van der Waals surface area contributed by atoms with Crippen molar-refractivity contribution < 1.29 is 48.0 Å². The van der Waals surface area contributed by atoms with E-state index in [0.717, 1.165) is 38.5 Å². The molecule has 4 heteroatoms. The van der Waals surface area contributed by atoms with E-state index in [-0.39, 0.29) is 32.7 Å². The molecule has 0 aromatic carbocycles. The third-order valence-electron chi connectivity index (χ3n) is 1.54. The van der Waals surface area contributed by atoms with Gasteiger partial charge in [-0.1, -0.05) is 40.0 Å². The van der Waals surface area contributed by atoms with Gasteiger partial charge in [-0.25, -0.2) is 0 Å². The van der Waals surface area contributed by atoms with Crippen molar-refractivity contribution in [3.05, 3.63) is 0 Å². The number of aliphatic hydroxyl groups excluding tert-OH is 3. The summed E-state index contributed by atoms with van der Waals surface area (Å²) in [4.78, 5) is 0. The fourth-order valence-electron chi connectivity index (χ4n) is 0.474. The van der Waals surface area contributed by atoms with Crippen molar-refractivity contribution in [2.75, 3.05) is 19.8 Å². The van der Waals surface area contributed by atoms with E-state index in [1.165, 1.54) is 0 Å². The molecule has 0 bridgehead atoms. The molecule has 0 saturated heterocycles. The van der Waals surface area contributed by atoms with Crippen LogP contribution in [0.2, 0.25) is 0 Å². The summed E-state index contributed by atoms with van der Waals surface area (Å²) in [6.45, 7) is 7.19. The Morgan fingerprint density at radius 3 is 0.750 bits per heavy atom. The van der Waals surface area contributed by atoms with E-state index in [9.17, 15) is 0 Å². The number of aliphatic hydroxyl groups is 3. The van der Waals surface area contributed by atoms with Crippen LogP contribution in [0.3, 0.4) is 0 Å². The molecule has 16 heavy (non-hydrogen) atoms. The van der Waals surface area contributed by atoms with Crippen molar-refractivity contribution in [2.45, 2.75) is 59.3 Å². The van der Waals surface area contributed by atoms with Crippen LogP contribution in [0.25, 0.3) is 0 Å². The van der Waals surface area contributed by atoms with Gasteiger partial charge in [0.1, 0.15) is 0 Å². The first-order chi connectivity index (χ1) is 7.24. The van der Waals surface area contributed by atoms with Gasteiger partial charge < -0.3 is 15.3 Å². The van der Waals surface area contributed by atoms with Crippen LogP contribution < -0.4 is 0 Å². The first-order valence-corrected chi connectivity index (χ1v) is 6.07. The zero-order valence-electron chi connectivity index (χ0n) is 11.3. The molecule has 0 heterocycles. The van der Waals surface area contributed by atoms with Crippen LogP contribution in [0.5, 0.6) is 0 Å². The molecule has 0 atom stereocenters. The Bertz CT molecular complexity index is 53.0. The first kappa shape index (κ1) is 25.7. The molecule has 3 N–H and O–H groups in total. The van der Waals surface area contributed by atoms with Gasteiger partial charge in [-0.15, -0.1) is 0 Å². The average Bonchev–Trinajstić information content (AvgIpc) is 2.23. The summed E-state index contributed by atoms with van der Waals surface area (Å²) >= 11 is 0. The van der Waals surface area contributed by atoms with Crippen LogP contribution in [0.1, 0.15) is 59.3 Å². The minimum absolute atomic E-state index is 0. The molecular weight excluding hydrogens is 281 g/mol. The Balaban J connectivity index is -0.0000000655. The topological polar surface area (TPSA) is 60.7 Å². The van der Waals surface area contributed by atoms with Crippen LogP contribution in [0.15, 0.2) is 0 Å². The van der Waals surface area contributed by atoms with Gasteiger partial charge in [-0.05, 0) is 19.3 Å². The van der Waals surface area contributed by atoms with Crippen LogP contribution in [-0.4, -0.2) is 35.1 Å². The van der Waals surface area contributed by atoms with Crippen molar-refractivity contribution in [3.8, 4) is 0 Å². The third kappa shape index (κ3) is 60.1. The molecule has 0 spiro atoms. The van der Waals surface area contributed by atoms with Crippen LogP contribution in [0, 0.1) is 0 Å². The molecule has 0 aliphatic rings. The maximum Gasteiger partial charge on any atom is 0.0430 e. The molecular formula is C12H30O3Y. The van der Waals surface area contributed by atoms with Crippen molar-refractivity contribution in [3.63, 3.8) is 0 Å². The molecule has 0 aromatic heterocycles. The average molecular weight is 311 g/mol. The summed E-state index contributed by atoms with van der Waals surface area (Å²) < 4.78 is 0. The normalized spacial score (nSPS) is 7.88. The molecule has 0 aliphatic heterocycles. The molecule has 0 rings (SSSR count). The zero-order chi connectivity index (χ0) is 12.4. The van der Waals surface area contributed by atoms with Gasteiger partial charge in [0.25, 0.3) is 0 Å². The van der Waals surface area contributed by atoms with Gasteiger partial charge in [-0.2, -0.15) is 0 Å². The summed E-state index contributed by atoms with van der Waals surface area (Å²) in [7, 11) is 0. The number of unbranched alkanes of at least 4 members (excludes halogenated alkanes) is 3. The molecule has 0 unspecified atom stereocenters. The minimum Gasteiger partial charge on any atom is -0.396 e. The molecule has 1 radical (unpaired) electrons. The Hall–Kier alpha value is 0.984. The van der Waals surface area contributed by atoms with E-state index in [2.05, 4.69) is 20.8 Å². The van der Waals surface area contributed by atoms with Gasteiger partial charge in [0.2, 0.25) is 0 Å². The standard InChI is InChI=1S/3C4H10O.Y/c3*1-2-3-4-5;/h3*5H,2-4H2,1H3;. The summed E-state index contributed by atoms with van der Waals surface area (Å²) in [5.74, 6) is 0. The zero-order valence-corrected chi connectivity index (χ0v) is 14.1. The number of rotatable bonds is 6. The number of hydrogen-bond acceptors (Lipinski definition) is 3. The van der Waals surface area contributed by atoms with Gasteiger partial charge in [-0.3, -0.25) is 0 Å². The molecule has 0 fully saturated rings. The maximum absolute atomic E-state index is 8.07. The SMILES string of the molecule is CCCCO.CCCCO.CCCCO.[Y]. The van der Waals surface area contributed by atoms with Gasteiger partial charge in [0.15, 0.2) is 0 Å². The van der Waals surface area contributed by atoms with Crippen molar-refractivity contribution in [1.29, 1.82) is 0 Å². The summed E-state index contributed by atoms with van der Waals surface area (Å²) in [6.07, 6.45) is 6.11. The summed E-state index contributed by atoms with van der Waals surface area (Å²) in [5, 5.41) is 24.2. The second-order valence-electron chi connectivity index (χ2n) is 3.23. The van der Waals surface area contributed by atoms with E-state index >= 15 is 0 Å². The number of hydrogen-bond donors (Lipinski definition) is 3. The summed E-state index contributed by atoms with van der Waals surface area (Å²) in [5.41, 5.74) is 0. The van der Waals surface area contributed by atoms with Crippen molar-refractivity contribution >= 4 is 0 Å². The molecule has 0 saturated carbocycles. The smallest absolute Gasteiger partial charge is 0.0430 e. The van der Waals surface area contributed by atoms with E-state index in [4.69, 9.17) is 15.3 Å². The monoisotopic (exact) mass is 311 g/mol. The van der Waals surface area contributed by atoms with Crippen LogP contribution in [-0.2, 0) is 32.7 Å². The molecule has 99 valence electrons. The van der Waals surface area contributed by atoms with E-state index in [0.29, 0.717) is 19.8 Å². The van der Waals surface area contributed by atoms with E-state index in [1.54, 1.807) is 0 Å². The third-order valence-corrected chi connectivity index (χ3v) is 1.54. The van der Waals surface area contributed by atoms with E-state index in [1.807, 2.05) is 0 Å². The Morgan fingerprint density at radius 1 is 0.562 bits per heavy atom. The van der Waals surface area contributed by atoms with Crippen LogP contribution >= 0.6 is 0 Å². The van der Waals surface area contributed by atoms with Crippen molar-refractivity contribution in [1.82, 2.24) is 0 Å². The second-order valence-corrected chi connectivity index (χ2v) is 3.23. The van der Waals surface area contributed by atoms with E-state index < -0.39 is 0 Å². The molecule has 0 aromatic rings. The maximum atomic E-state index is 8.07. The van der Waals surface area contributed by atoms with Crippen LogP contribution in [0.4, 0.5) is 0 Å². The quantitative estimate of drug-likeness (QED) is 0.705. The fraction of sp³-hybridized carbons (Fsp3) is 1.00. The Kier molecular flexibility index (Phi) is 57.9.